The minimum Gasteiger partial charge on any atom is -0.313 e. The topological polar surface area (TPSA) is 49.8 Å². The number of rotatable bonds is 1. The van der Waals surface area contributed by atoms with Crippen LogP contribution in [0.2, 0.25) is 0 Å². The van der Waals surface area contributed by atoms with E-state index in [0.29, 0.717) is 12.0 Å². The smallest absolute Gasteiger partial charge is 0.313 e. The van der Waals surface area contributed by atoms with E-state index in [2.05, 4.69) is 24.1 Å². The highest BCUT2D eigenvalue weighted by Gasteiger charge is 2.29. The van der Waals surface area contributed by atoms with Crippen LogP contribution in [0.3, 0.4) is 0 Å². The Morgan fingerprint density at radius 1 is 1.50 bits per heavy atom. The van der Waals surface area contributed by atoms with Gasteiger partial charge in [-0.25, -0.2) is 4.79 Å². The van der Waals surface area contributed by atoms with E-state index < -0.39 is 0 Å². The molecule has 1 fully saturated rings. The van der Waals surface area contributed by atoms with Gasteiger partial charge in [0, 0.05) is 18.4 Å². The monoisotopic (exact) mass is 195 g/mol. The van der Waals surface area contributed by atoms with E-state index in [-0.39, 0.29) is 11.7 Å². The SMILES string of the molecule is CC1CCNC(C)C1n1cc[nH]c1=O. The van der Waals surface area contributed by atoms with Crippen molar-refractivity contribution < 1.29 is 0 Å². The predicted molar refractivity (Wildman–Crippen MR) is 55.3 cm³/mol. The molecule has 1 aromatic heterocycles. The Hall–Kier alpha value is -1.03. The van der Waals surface area contributed by atoms with E-state index in [1.165, 1.54) is 0 Å². The Kier molecular flexibility index (Phi) is 2.46. The summed E-state index contributed by atoms with van der Waals surface area (Å²) in [6.07, 6.45) is 4.68. The maximum atomic E-state index is 11.5. The molecule has 0 radical (unpaired) electrons. The third-order valence-electron chi connectivity index (χ3n) is 3.16. The molecule has 1 aromatic rings. The molecular weight excluding hydrogens is 178 g/mol. The number of H-pyrrole nitrogens is 1. The number of nitrogens with zero attached hydrogens (tertiary/aromatic N) is 1. The molecule has 14 heavy (non-hydrogen) atoms. The van der Waals surface area contributed by atoms with Gasteiger partial charge in [0.25, 0.3) is 0 Å². The third kappa shape index (κ3) is 1.50. The highest BCUT2D eigenvalue weighted by Crippen LogP contribution is 2.26. The molecule has 0 amide bonds. The fourth-order valence-electron chi connectivity index (χ4n) is 2.40. The number of aromatic amines is 1. The number of aromatic nitrogens is 2. The Balaban J connectivity index is 2.31. The van der Waals surface area contributed by atoms with E-state index in [1.54, 1.807) is 6.20 Å². The van der Waals surface area contributed by atoms with Crippen molar-refractivity contribution in [3.05, 3.63) is 22.9 Å². The predicted octanol–water partition coefficient (Wildman–Crippen LogP) is 0.735. The molecule has 1 saturated heterocycles. The van der Waals surface area contributed by atoms with Gasteiger partial charge in [-0.1, -0.05) is 6.92 Å². The molecule has 4 nitrogen and oxygen atoms in total. The van der Waals surface area contributed by atoms with Crippen LogP contribution >= 0.6 is 0 Å². The molecule has 78 valence electrons. The molecule has 3 unspecified atom stereocenters. The molecule has 0 bridgehead atoms. The Labute approximate surface area is 83.3 Å². The van der Waals surface area contributed by atoms with Crippen molar-refractivity contribution in [3.63, 3.8) is 0 Å². The highest BCUT2D eigenvalue weighted by atomic mass is 16.1. The van der Waals surface area contributed by atoms with Gasteiger partial charge in [0.2, 0.25) is 0 Å². The van der Waals surface area contributed by atoms with Gasteiger partial charge < -0.3 is 10.3 Å². The van der Waals surface area contributed by atoms with Gasteiger partial charge in [-0.3, -0.25) is 4.57 Å². The molecule has 2 N–H and O–H groups in total. The van der Waals surface area contributed by atoms with Gasteiger partial charge in [-0.15, -0.1) is 0 Å². The van der Waals surface area contributed by atoms with Crippen LogP contribution in [0.4, 0.5) is 0 Å². The summed E-state index contributed by atoms with van der Waals surface area (Å²) in [5, 5.41) is 3.40. The lowest BCUT2D eigenvalue weighted by Crippen LogP contribution is -2.46. The van der Waals surface area contributed by atoms with Gasteiger partial charge >= 0.3 is 5.69 Å². The lowest BCUT2D eigenvalue weighted by Gasteiger charge is -2.35. The number of hydrogen-bond acceptors (Lipinski definition) is 2. The van der Waals surface area contributed by atoms with Crippen LogP contribution in [0, 0.1) is 5.92 Å². The summed E-state index contributed by atoms with van der Waals surface area (Å²) in [5.74, 6) is 0.555. The number of imidazole rings is 1. The second kappa shape index (κ2) is 3.61. The van der Waals surface area contributed by atoms with Crippen LogP contribution in [0.1, 0.15) is 26.3 Å². The van der Waals surface area contributed by atoms with Crippen molar-refractivity contribution in [1.82, 2.24) is 14.9 Å². The van der Waals surface area contributed by atoms with Gasteiger partial charge in [0.15, 0.2) is 0 Å². The third-order valence-corrected chi connectivity index (χ3v) is 3.16. The van der Waals surface area contributed by atoms with Crippen molar-refractivity contribution in [2.24, 2.45) is 5.92 Å². The molecule has 2 rings (SSSR count). The highest BCUT2D eigenvalue weighted by molar-refractivity contribution is 4.91. The first kappa shape index (κ1) is 9.52. The van der Waals surface area contributed by atoms with Crippen LogP contribution in [0.15, 0.2) is 17.2 Å². The zero-order valence-electron chi connectivity index (χ0n) is 8.66. The summed E-state index contributed by atoms with van der Waals surface area (Å²) in [5.41, 5.74) is -0.00241. The summed E-state index contributed by atoms with van der Waals surface area (Å²) in [6.45, 7) is 5.40. The average molecular weight is 195 g/mol. The molecule has 0 spiro atoms. The number of hydrogen-bond donors (Lipinski definition) is 2. The van der Waals surface area contributed by atoms with Crippen molar-refractivity contribution in [3.8, 4) is 0 Å². The van der Waals surface area contributed by atoms with E-state index in [0.717, 1.165) is 13.0 Å². The van der Waals surface area contributed by atoms with E-state index in [9.17, 15) is 4.79 Å². The largest absolute Gasteiger partial charge is 0.325 e. The quantitative estimate of drug-likeness (QED) is 0.694. The first-order chi connectivity index (χ1) is 6.70. The van der Waals surface area contributed by atoms with Crippen LogP contribution in [-0.2, 0) is 0 Å². The summed E-state index contributed by atoms with van der Waals surface area (Å²) in [4.78, 5) is 14.2. The number of piperidine rings is 1. The second-order valence-electron chi connectivity index (χ2n) is 4.17. The summed E-state index contributed by atoms with van der Waals surface area (Å²) < 4.78 is 1.81. The fraction of sp³-hybridized carbons (Fsp3) is 0.700. The summed E-state index contributed by atoms with van der Waals surface area (Å²) in [6, 6.07) is 0.648. The van der Waals surface area contributed by atoms with Crippen LogP contribution in [0.5, 0.6) is 0 Å². The lowest BCUT2D eigenvalue weighted by molar-refractivity contribution is 0.213. The van der Waals surface area contributed by atoms with Crippen molar-refractivity contribution in [2.45, 2.75) is 32.4 Å². The Morgan fingerprint density at radius 2 is 2.29 bits per heavy atom. The van der Waals surface area contributed by atoms with Crippen molar-refractivity contribution >= 4 is 0 Å². The van der Waals surface area contributed by atoms with Gasteiger partial charge in [0.05, 0.1) is 6.04 Å². The van der Waals surface area contributed by atoms with Crippen molar-refractivity contribution in [1.29, 1.82) is 0 Å². The summed E-state index contributed by atoms with van der Waals surface area (Å²) in [7, 11) is 0. The molecule has 0 saturated carbocycles. The average Bonchev–Trinajstić information content (AvgIpc) is 2.52. The minimum atomic E-state index is -0.00241. The maximum absolute atomic E-state index is 11.5. The van der Waals surface area contributed by atoms with E-state index in [1.807, 2.05) is 10.8 Å². The molecule has 1 aliphatic heterocycles. The minimum absolute atomic E-state index is 0.00241. The summed E-state index contributed by atoms with van der Waals surface area (Å²) >= 11 is 0. The first-order valence-corrected chi connectivity index (χ1v) is 5.19. The Bertz CT molecular complexity index is 344. The van der Waals surface area contributed by atoms with Crippen LogP contribution in [-0.4, -0.2) is 22.1 Å². The molecule has 0 aliphatic carbocycles. The zero-order chi connectivity index (χ0) is 10.1. The molecule has 3 atom stereocenters. The first-order valence-electron chi connectivity index (χ1n) is 5.19. The van der Waals surface area contributed by atoms with E-state index >= 15 is 0 Å². The molecule has 1 aliphatic rings. The molecular formula is C10H17N3O. The normalized spacial score (nSPS) is 33.1. The Morgan fingerprint density at radius 3 is 2.86 bits per heavy atom. The number of nitrogens with one attached hydrogen (secondary N) is 2. The fourth-order valence-corrected chi connectivity index (χ4v) is 2.40. The van der Waals surface area contributed by atoms with Gasteiger partial charge in [0.1, 0.15) is 0 Å². The standard InChI is InChI=1S/C10H17N3O/c1-7-3-4-11-8(2)9(7)13-6-5-12-10(13)14/h5-9,11H,3-4H2,1-2H3,(H,12,14). The maximum Gasteiger partial charge on any atom is 0.325 e. The van der Waals surface area contributed by atoms with Crippen molar-refractivity contribution in [2.75, 3.05) is 6.54 Å². The van der Waals surface area contributed by atoms with Gasteiger partial charge in [-0.2, -0.15) is 0 Å². The zero-order valence-corrected chi connectivity index (χ0v) is 8.66. The molecule has 0 aromatic carbocycles. The van der Waals surface area contributed by atoms with Crippen LogP contribution in [0.25, 0.3) is 0 Å². The van der Waals surface area contributed by atoms with E-state index in [4.69, 9.17) is 0 Å². The second-order valence-corrected chi connectivity index (χ2v) is 4.17. The van der Waals surface area contributed by atoms with Gasteiger partial charge in [-0.05, 0) is 25.8 Å². The van der Waals surface area contributed by atoms with Crippen LogP contribution < -0.4 is 11.0 Å². The molecule has 4 heteroatoms. The lowest BCUT2D eigenvalue weighted by atomic mass is 9.89. The molecule has 2 heterocycles.